The zero-order valence-corrected chi connectivity index (χ0v) is 16.0. The van der Waals surface area contributed by atoms with Crippen LogP contribution in [0.5, 0.6) is 0 Å². The number of nitrogens with one attached hydrogen (secondary N) is 1. The van der Waals surface area contributed by atoms with Gasteiger partial charge in [0.05, 0.1) is 13.0 Å². The summed E-state index contributed by atoms with van der Waals surface area (Å²) in [4.78, 5) is 23.3. The molecule has 0 aliphatic rings. The Labute approximate surface area is 156 Å². The molecule has 0 bridgehead atoms. The minimum absolute atomic E-state index is 0.186. The van der Waals surface area contributed by atoms with E-state index in [1.54, 1.807) is 0 Å². The maximum atomic E-state index is 11.8. The van der Waals surface area contributed by atoms with Crippen LogP contribution in [0, 0.1) is 0 Å². The Morgan fingerprint density at radius 3 is 2.92 bits per heavy atom. The zero-order valence-electron chi connectivity index (χ0n) is 14.4. The highest BCUT2D eigenvalue weighted by atomic mass is 79.9. The summed E-state index contributed by atoms with van der Waals surface area (Å²) in [7, 11) is 0. The molecule has 0 unspecified atom stereocenters. The molecule has 0 atom stereocenters. The topological polar surface area (TPSA) is 60.3 Å². The van der Waals surface area contributed by atoms with Gasteiger partial charge in [0.15, 0.2) is 0 Å². The largest absolute Gasteiger partial charge is 0.466 e. The van der Waals surface area contributed by atoms with Crippen LogP contribution in [0.3, 0.4) is 0 Å². The van der Waals surface area contributed by atoms with Crippen LogP contribution in [0.25, 0.3) is 10.9 Å². The van der Waals surface area contributed by atoms with E-state index in [9.17, 15) is 9.59 Å². The molecule has 6 heteroatoms. The molecule has 2 aromatic rings. The van der Waals surface area contributed by atoms with Crippen molar-refractivity contribution < 1.29 is 14.3 Å². The third-order valence-corrected chi connectivity index (χ3v) is 4.38. The standard InChI is InChI=1S/C19H23BrN2O3/c1-3-5-10-25-19(24)8-9-22-13-14(12-21-18(23)4-2)16-11-15(20)6-7-17(16)22/h4,6-7,11,13H,2-3,5,8-10,12H2,1H3,(H,21,23). The minimum atomic E-state index is -0.213. The fraction of sp³-hybridized carbons (Fsp3) is 0.368. The Morgan fingerprint density at radius 1 is 1.40 bits per heavy atom. The molecule has 0 saturated carbocycles. The fourth-order valence-electron chi connectivity index (χ4n) is 2.54. The van der Waals surface area contributed by atoms with Crippen molar-refractivity contribution in [1.29, 1.82) is 0 Å². The summed E-state index contributed by atoms with van der Waals surface area (Å²) in [6.45, 7) is 6.95. The van der Waals surface area contributed by atoms with E-state index in [0.717, 1.165) is 33.8 Å². The van der Waals surface area contributed by atoms with Crippen LogP contribution >= 0.6 is 15.9 Å². The molecule has 0 radical (unpaired) electrons. The van der Waals surface area contributed by atoms with Crippen molar-refractivity contribution in [3.8, 4) is 0 Å². The number of carbonyl (C=O) groups excluding carboxylic acids is 2. The number of aromatic nitrogens is 1. The normalized spacial score (nSPS) is 10.6. The van der Waals surface area contributed by atoms with Gasteiger partial charge in [0.25, 0.3) is 0 Å². The predicted molar refractivity (Wildman–Crippen MR) is 102 cm³/mol. The smallest absolute Gasteiger partial charge is 0.307 e. The Morgan fingerprint density at radius 2 is 2.20 bits per heavy atom. The number of ether oxygens (including phenoxy) is 1. The van der Waals surface area contributed by atoms with Gasteiger partial charge in [-0.3, -0.25) is 9.59 Å². The second-order valence-electron chi connectivity index (χ2n) is 5.76. The van der Waals surface area contributed by atoms with E-state index in [0.29, 0.717) is 26.1 Å². The van der Waals surface area contributed by atoms with E-state index in [2.05, 4.69) is 34.7 Å². The zero-order chi connectivity index (χ0) is 18.2. The van der Waals surface area contributed by atoms with Crippen molar-refractivity contribution in [2.45, 2.75) is 39.3 Å². The number of esters is 1. The number of hydrogen-bond donors (Lipinski definition) is 1. The summed E-state index contributed by atoms with van der Waals surface area (Å²) >= 11 is 3.48. The van der Waals surface area contributed by atoms with Crippen molar-refractivity contribution in [3.05, 3.63) is 47.1 Å². The molecule has 1 heterocycles. The molecule has 0 saturated heterocycles. The van der Waals surface area contributed by atoms with Gasteiger partial charge in [0.1, 0.15) is 0 Å². The van der Waals surface area contributed by atoms with Gasteiger partial charge >= 0.3 is 5.97 Å². The van der Waals surface area contributed by atoms with Crippen LogP contribution in [0.1, 0.15) is 31.7 Å². The molecule has 25 heavy (non-hydrogen) atoms. The average Bonchev–Trinajstić information content (AvgIpc) is 2.95. The third-order valence-electron chi connectivity index (χ3n) is 3.88. The van der Waals surface area contributed by atoms with Crippen LogP contribution < -0.4 is 5.32 Å². The number of halogens is 1. The number of rotatable bonds is 9. The first-order chi connectivity index (χ1) is 12.0. The van der Waals surface area contributed by atoms with Crippen molar-refractivity contribution in [1.82, 2.24) is 9.88 Å². The van der Waals surface area contributed by atoms with E-state index < -0.39 is 0 Å². The summed E-state index contributed by atoms with van der Waals surface area (Å²) in [5, 5.41) is 3.84. The first-order valence-electron chi connectivity index (χ1n) is 8.38. The lowest BCUT2D eigenvalue weighted by Gasteiger charge is -2.06. The second kappa shape index (κ2) is 9.42. The van der Waals surface area contributed by atoms with Crippen LogP contribution in [0.4, 0.5) is 0 Å². The van der Waals surface area contributed by atoms with Gasteiger partial charge in [0, 0.05) is 34.7 Å². The van der Waals surface area contributed by atoms with E-state index in [1.807, 2.05) is 29.0 Å². The van der Waals surface area contributed by atoms with Crippen LogP contribution in [-0.2, 0) is 27.4 Å². The lowest BCUT2D eigenvalue weighted by molar-refractivity contribution is -0.144. The number of aryl methyl sites for hydroxylation is 1. The molecule has 0 aliphatic heterocycles. The number of carbonyl (C=O) groups is 2. The van der Waals surface area contributed by atoms with E-state index in [4.69, 9.17) is 4.74 Å². The molecule has 2 rings (SSSR count). The summed E-state index contributed by atoms with van der Waals surface area (Å²) in [6.07, 6.45) is 5.44. The van der Waals surface area contributed by atoms with Gasteiger partial charge in [-0.1, -0.05) is 35.9 Å². The number of amides is 1. The number of unbranched alkanes of at least 4 members (excludes halogenated alkanes) is 1. The average molecular weight is 407 g/mol. The predicted octanol–water partition coefficient (Wildman–Crippen LogP) is 3.94. The van der Waals surface area contributed by atoms with Gasteiger partial charge in [-0.15, -0.1) is 0 Å². The van der Waals surface area contributed by atoms with Crippen molar-refractivity contribution in [2.24, 2.45) is 0 Å². The summed E-state index contributed by atoms with van der Waals surface area (Å²) in [6, 6.07) is 5.98. The number of hydrogen-bond acceptors (Lipinski definition) is 3. The number of fused-ring (bicyclic) bond motifs is 1. The molecular weight excluding hydrogens is 384 g/mol. The molecule has 1 aromatic heterocycles. The highest BCUT2D eigenvalue weighted by Gasteiger charge is 2.11. The Hall–Kier alpha value is -2.08. The first-order valence-corrected chi connectivity index (χ1v) is 9.17. The lowest BCUT2D eigenvalue weighted by Crippen LogP contribution is -2.19. The summed E-state index contributed by atoms with van der Waals surface area (Å²) in [5.74, 6) is -0.399. The maximum absolute atomic E-state index is 11.8. The van der Waals surface area contributed by atoms with Crippen molar-refractivity contribution in [2.75, 3.05) is 6.61 Å². The van der Waals surface area contributed by atoms with Crippen molar-refractivity contribution >= 4 is 38.7 Å². The van der Waals surface area contributed by atoms with Gasteiger partial charge in [0.2, 0.25) is 5.91 Å². The van der Waals surface area contributed by atoms with Crippen molar-refractivity contribution in [3.63, 3.8) is 0 Å². The first kappa shape index (κ1) is 19.2. The van der Waals surface area contributed by atoms with Crippen LogP contribution in [0.15, 0.2) is 41.5 Å². The summed E-state index contributed by atoms with van der Waals surface area (Å²) in [5.41, 5.74) is 2.01. The van der Waals surface area contributed by atoms with Gasteiger partial charge in [-0.05, 0) is 36.3 Å². The van der Waals surface area contributed by atoms with E-state index >= 15 is 0 Å². The molecule has 0 aliphatic carbocycles. The number of nitrogens with zero attached hydrogens (tertiary/aromatic N) is 1. The molecular formula is C19H23BrN2O3. The lowest BCUT2D eigenvalue weighted by atomic mass is 10.2. The molecule has 134 valence electrons. The SMILES string of the molecule is C=CC(=O)NCc1cn(CCC(=O)OCCCC)c2ccc(Br)cc12. The summed E-state index contributed by atoms with van der Waals surface area (Å²) < 4.78 is 8.20. The molecule has 0 fully saturated rings. The number of benzene rings is 1. The maximum Gasteiger partial charge on any atom is 0.307 e. The van der Waals surface area contributed by atoms with Gasteiger partial charge in [-0.25, -0.2) is 0 Å². The quantitative estimate of drug-likeness (QED) is 0.389. The van der Waals surface area contributed by atoms with Gasteiger partial charge in [-0.2, -0.15) is 0 Å². The minimum Gasteiger partial charge on any atom is -0.466 e. The molecule has 5 nitrogen and oxygen atoms in total. The highest BCUT2D eigenvalue weighted by molar-refractivity contribution is 9.10. The molecule has 0 spiro atoms. The van der Waals surface area contributed by atoms with Gasteiger partial charge < -0.3 is 14.6 Å². The Balaban J connectivity index is 2.12. The van der Waals surface area contributed by atoms with E-state index in [1.165, 1.54) is 6.08 Å². The van der Waals surface area contributed by atoms with Crippen LogP contribution in [0.2, 0.25) is 0 Å². The molecule has 1 amide bonds. The van der Waals surface area contributed by atoms with Crippen LogP contribution in [-0.4, -0.2) is 23.1 Å². The molecule has 1 aromatic carbocycles. The monoisotopic (exact) mass is 406 g/mol. The Bertz CT molecular complexity index is 767. The molecule has 1 N–H and O–H groups in total. The highest BCUT2D eigenvalue weighted by Crippen LogP contribution is 2.25. The Kier molecular flexibility index (Phi) is 7.25. The third kappa shape index (κ3) is 5.46. The second-order valence-corrected chi connectivity index (χ2v) is 6.67. The van der Waals surface area contributed by atoms with E-state index in [-0.39, 0.29) is 11.9 Å². The fourth-order valence-corrected chi connectivity index (χ4v) is 2.90.